The van der Waals surface area contributed by atoms with Gasteiger partial charge in [-0.15, -0.1) is 0 Å². The summed E-state index contributed by atoms with van der Waals surface area (Å²) in [6.45, 7) is 4.49. The molecule has 1 atom stereocenters. The van der Waals surface area contributed by atoms with E-state index < -0.39 is 0 Å². The SMILES string of the molecule is CC1CCN(c2ccc(C=O)cc2Br)C1. The molecule has 0 N–H and O–H groups in total. The van der Waals surface area contributed by atoms with E-state index in [9.17, 15) is 4.79 Å². The van der Waals surface area contributed by atoms with Gasteiger partial charge in [-0.2, -0.15) is 0 Å². The zero-order valence-electron chi connectivity index (χ0n) is 8.74. The fourth-order valence-corrected chi connectivity index (χ4v) is 2.65. The van der Waals surface area contributed by atoms with Crippen molar-refractivity contribution in [1.82, 2.24) is 0 Å². The topological polar surface area (TPSA) is 20.3 Å². The van der Waals surface area contributed by atoms with Crippen molar-refractivity contribution in [1.29, 1.82) is 0 Å². The van der Waals surface area contributed by atoms with Crippen LogP contribution < -0.4 is 4.90 Å². The first-order valence-electron chi connectivity index (χ1n) is 5.20. The van der Waals surface area contributed by atoms with Crippen molar-refractivity contribution in [2.75, 3.05) is 18.0 Å². The minimum absolute atomic E-state index is 0.720. The minimum Gasteiger partial charge on any atom is -0.370 e. The van der Waals surface area contributed by atoms with Crippen molar-refractivity contribution in [3.8, 4) is 0 Å². The van der Waals surface area contributed by atoms with Crippen LogP contribution in [0.3, 0.4) is 0 Å². The first kappa shape index (κ1) is 10.7. The van der Waals surface area contributed by atoms with E-state index >= 15 is 0 Å². The van der Waals surface area contributed by atoms with Crippen molar-refractivity contribution in [2.45, 2.75) is 13.3 Å². The number of aldehydes is 1. The van der Waals surface area contributed by atoms with E-state index in [-0.39, 0.29) is 0 Å². The van der Waals surface area contributed by atoms with Gasteiger partial charge in [-0.25, -0.2) is 0 Å². The maximum Gasteiger partial charge on any atom is 0.150 e. The summed E-state index contributed by atoms with van der Waals surface area (Å²) < 4.78 is 1.02. The molecule has 1 fully saturated rings. The fourth-order valence-electron chi connectivity index (χ4n) is 2.01. The second kappa shape index (κ2) is 4.35. The molecule has 2 nitrogen and oxygen atoms in total. The second-order valence-corrected chi connectivity index (χ2v) is 5.02. The molecular weight excluding hydrogens is 254 g/mol. The highest BCUT2D eigenvalue weighted by molar-refractivity contribution is 9.10. The zero-order chi connectivity index (χ0) is 10.8. The van der Waals surface area contributed by atoms with Gasteiger partial charge in [0.1, 0.15) is 6.29 Å². The van der Waals surface area contributed by atoms with Gasteiger partial charge >= 0.3 is 0 Å². The monoisotopic (exact) mass is 267 g/mol. The number of carbonyl (C=O) groups excluding carboxylic acids is 1. The van der Waals surface area contributed by atoms with Crippen LogP contribution in [0.5, 0.6) is 0 Å². The lowest BCUT2D eigenvalue weighted by molar-refractivity contribution is 0.112. The number of benzene rings is 1. The maximum atomic E-state index is 10.6. The molecule has 1 aromatic rings. The van der Waals surface area contributed by atoms with Crippen LogP contribution in [0.1, 0.15) is 23.7 Å². The van der Waals surface area contributed by atoms with Crippen molar-refractivity contribution in [3.05, 3.63) is 28.2 Å². The molecule has 1 saturated heterocycles. The van der Waals surface area contributed by atoms with Gasteiger partial charge < -0.3 is 4.90 Å². The third-order valence-corrected chi connectivity index (χ3v) is 3.51. The summed E-state index contributed by atoms with van der Waals surface area (Å²) in [6, 6.07) is 5.77. The van der Waals surface area contributed by atoms with E-state index in [0.717, 1.165) is 35.3 Å². The predicted molar refractivity (Wildman–Crippen MR) is 65.5 cm³/mol. The minimum atomic E-state index is 0.720. The Hall–Kier alpha value is -0.830. The highest BCUT2D eigenvalue weighted by atomic mass is 79.9. The lowest BCUT2D eigenvalue weighted by Crippen LogP contribution is -2.19. The Kier molecular flexibility index (Phi) is 3.10. The summed E-state index contributed by atoms with van der Waals surface area (Å²) in [4.78, 5) is 13.0. The van der Waals surface area contributed by atoms with Gasteiger partial charge in [0.15, 0.2) is 0 Å². The van der Waals surface area contributed by atoms with E-state index in [1.54, 1.807) is 0 Å². The summed E-state index contributed by atoms with van der Waals surface area (Å²) in [5.41, 5.74) is 1.92. The summed E-state index contributed by atoms with van der Waals surface area (Å²) in [5, 5.41) is 0. The molecule has 2 rings (SSSR count). The Labute approximate surface area is 98.4 Å². The summed E-state index contributed by atoms with van der Waals surface area (Å²) >= 11 is 3.52. The maximum absolute atomic E-state index is 10.6. The van der Waals surface area contributed by atoms with Gasteiger partial charge in [0.25, 0.3) is 0 Å². The van der Waals surface area contributed by atoms with E-state index in [0.29, 0.717) is 0 Å². The molecule has 1 unspecified atom stereocenters. The summed E-state index contributed by atoms with van der Waals surface area (Å²) in [7, 11) is 0. The lowest BCUT2D eigenvalue weighted by atomic mass is 10.2. The Balaban J connectivity index is 2.25. The van der Waals surface area contributed by atoms with E-state index in [4.69, 9.17) is 0 Å². The molecule has 1 aliphatic heterocycles. The van der Waals surface area contributed by atoms with Crippen molar-refractivity contribution < 1.29 is 4.79 Å². The number of anilines is 1. The molecule has 0 saturated carbocycles. The molecule has 0 aliphatic carbocycles. The highest BCUT2D eigenvalue weighted by Gasteiger charge is 2.20. The van der Waals surface area contributed by atoms with Gasteiger partial charge in [0, 0.05) is 23.1 Å². The molecule has 0 aromatic heterocycles. The predicted octanol–water partition coefficient (Wildman–Crippen LogP) is 3.11. The molecule has 0 radical (unpaired) electrons. The summed E-state index contributed by atoms with van der Waals surface area (Å²) in [6.07, 6.45) is 2.13. The molecule has 80 valence electrons. The smallest absolute Gasteiger partial charge is 0.150 e. The zero-order valence-corrected chi connectivity index (χ0v) is 10.3. The largest absolute Gasteiger partial charge is 0.370 e. The Bertz CT molecular complexity index is 378. The molecule has 1 aliphatic rings. The quantitative estimate of drug-likeness (QED) is 0.768. The van der Waals surface area contributed by atoms with Crippen LogP contribution in [-0.2, 0) is 0 Å². The van der Waals surface area contributed by atoms with E-state index in [2.05, 4.69) is 27.8 Å². The number of rotatable bonds is 2. The molecular formula is C12H14BrNO. The Morgan fingerprint density at radius 2 is 2.33 bits per heavy atom. The van der Waals surface area contributed by atoms with Crippen LogP contribution in [0.25, 0.3) is 0 Å². The van der Waals surface area contributed by atoms with Gasteiger partial charge in [0.05, 0.1) is 5.69 Å². The van der Waals surface area contributed by atoms with E-state index in [1.165, 1.54) is 12.1 Å². The number of hydrogen-bond acceptors (Lipinski definition) is 2. The number of nitrogens with zero attached hydrogens (tertiary/aromatic N) is 1. The lowest BCUT2D eigenvalue weighted by Gasteiger charge is -2.19. The third kappa shape index (κ3) is 2.23. The molecule has 3 heteroatoms. The van der Waals surface area contributed by atoms with Crippen molar-refractivity contribution in [3.63, 3.8) is 0 Å². The normalized spacial score (nSPS) is 20.7. The van der Waals surface area contributed by atoms with Crippen LogP contribution in [0.15, 0.2) is 22.7 Å². The van der Waals surface area contributed by atoms with Crippen LogP contribution in [0.4, 0.5) is 5.69 Å². The van der Waals surface area contributed by atoms with Gasteiger partial charge in [0.2, 0.25) is 0 Å². The molecule has 1 aromatic carbocycles. The van der Waals surface area contributed by atoms with Crippen LogP contribution in [0.2, 0.25) is 0 Å². The number of carbonyl (C=O) groups is 1. The van der Waals surface area contributed by atoms with Crippen molar-refractivity contribution >= 4 is 27.9 Å². The standard InChI is InChI=1S/C12H14BrNO/c1-9-4-5-14(7-9)12-3-2-10(8-15)6-11(12)13/h2-3,6,8-9H,4-5,7H2,1H3. The van der Waals surface area contributed by atoms with Gasteiger partial charge in [-0.3, -0.25) is 4.79 Å². The fraction of sp³-hybridized carbons (Fsp3) is 0.417. The van der Waals surface area contributed by atoms with Crippen molar-refractivity contribution in [2.24, 2.45) is 5.92 Å². The van der Waals surface area contributed by atoms with Crippen LogP contribution in [0, 0.1) is 5.92 Å². The Morgan fingerprint density at radius 1 is 1.53 bits per heavy atom. The number of hydrogen-bond donors (Lipinski definition) is 0. The molecule has 0 amide bonds. The molecule has 1 heterocycles. The highest BCUT2D eigenvalue weighted by Crippen LogP contribution is 2.30. The molecule has 15 heavy (non-hydrogen) atoms. The number of halogens is 1. The van der Waals surface area contributed by atoms with Gasteiger partial charge in [-0.05, 0) is 46.5 Å². The summed E-state index contributed by atoms with van der Waals surface area (Å²) in [5.74, 6) is 0.766. The van der Waals surface area contributed by atoms with Crippen LogP contribution in [-0.4, -0.2) is 19.4 Å². The Morgan fingerprint density at radius 3 is 2.87 bits per heavy atom. The third-order valence-electron chi connectivity index (χ3n) is 2.87. The van der Waals surface area contributed by atoms with E-state index in [1.807, 2.05) is 18.2 Å². The average Bonchev–Trinajstić information content (AvgIpc) is 2.64. The van der Waals surface area contributed by atoms with Crippen LogP contribution >= 0.6 is 15.9 Å². The molecule has 0 spiro atoms. The molecule has 0 bridgehead atoms. The van der Waals surface area contributed by atoms with Gasteiger partial charge in [-0.1, -0.05) is 6.92 Å². The first-order valence-corrected chi connectivity index (χ1v) is 5.99. The first-order chi connectivity index (χ1) is 7.20. The second-order valence-electron chi connectivity index (χ2n) is 4.17. The average molecular weight is 268 g/mol.